The molecule has 0 saturated carbocycles. The third-order valence-electron chi connectivity index (χ3n) is 6.43. The van der Waals surface area contributed by atoms with Gasteiger partial charge in [-0.25, -0.2) is 5.06 Å². The smallest absolute Gasteiger partial charge is 0.262 e. The fourth-order valence-corrected chi connectivity index (χ4v) is 4.80. The van der Waals surface area contributed by atoms with E-state index in [9.17, 15) is 9.59 Å². The molecule has 2 aliphatic heterocycles. The van der Waals surface area contributed by atoms with Gasteiger partial charge in [0.05, 0.1) is 39.6 Å². The summed E-state index contributed by atoms with van der Waals surface area (Å²) in [6.07, 6.45) is -0.935. The van der Waals surface area contributed by atoms with Crippen LogP contribution in [0.3, 0.4) is 0 Å². The number of anilines is 1. The van der Waals surface area contributed by atoms with E-state index in [-0.39, 0.29) is 18.4 Å². The molecule has 2 aliphatic rings. The van der Waals surface area contributed by atoms with E-state index in [0.29, 0.717) is 22.8 Å². The Balaban J connectivity index is 1.59. The number of carbonyl (C=O) groups is 2. The van der Waals surface area contributed by atoms with Crippen molar-refractivity contribution in [2.75, 3.05) is 26.4 Å². The number of hydroxylamine groups is 1. The van der Waals surface area contributed by atoms with Gasteiger partial charge in [-0.3, -0.25) is 19.3 Å². The molecule has 8 nitrogen and oxygen atoms in total. The van der Waals surface area contributed by atoms with Gasteiger partial charge in [0.2, 0.25) is 11.7 Å². The van der Waals surface area contributed by atoms with Crippen molar-refractivity contribution in [1.29, 1.82) is 0 Å². The van der Waals surface area contributed by atoms with Gasteiger partial charge < -0.3 is 14.2 Å². The van der Waals surface area contributed by atoms with Gasteiger partial charge in [-0.1, -0.05) is 48.5 Å². The van der Waals surface area contributed by atoms with Crippen molar-refractivity contribution in [3.05, 3.63) is 83.9 Å². The Hall–Kier alpha value is -4.04. The normalized spacial score (nSPS) is 21.3. The maximum Gasteiger partial charge on any atom is 0.262 e. The highest BCUT2D eigenvalue weighted by molar-refractivity contribution is 6.07. The molecule has 0 bridgehead atoms. The molecule has 0 N–H and O–H groups in total. The minimum atomic E-state index is -0.935. The van der Waals surface area contributed by atoms with Crippen molar-refractivity contribution in [2.45, 2.75) is 18.7 Å². The largest absolute Gasteiger partial charge is 0.493 e. The van der Waals surface area contributed by atoms with Crippen LogP contribution in [-0.2, 0) is 21.0 Å². The molecule has 0 aliphatic carbocycles. The van der Waals surface area contributed by atoms with Crippen LogP contribution in [0.5, 0.6) is 17.2 Å². The number of ether oxygens (including phenoxy) is 3. The van der Waals surface area contributed by atoms with E-state index < -0.39 is 18.1 Å². The summed E-state index contributed by atoms with van der Waals surface area (Å²) in [5.74, 6) is -0.0116. The molecule has 3 aromatic carbocycles. The molecule has 2 amide bonds. The number of methoxy groups -OCH3 is 3. The van der Waals surface area contributed by atoms with Gasteiger partial charge >= 0.3 is 0 Å². The van der Waals surface area contributed by atoms with Crippen LogP contribution >= 0.6 is 0 Å². The van der Waals surface area contributed by atoms with Crippen LogP contribution in [0, 0.1) is 5.92 Å². The molecule has 35 heavy (non-hydrogen) atoms. The number of rotatable bonds is 7. The monoisotopic (exact) mass is 474 g/mol. The highest BCUT2D eigenvalue weighted by atomic mass is 16.7. The minimum Gasteiger partial charge on any atom is -0.493 e. The molecule has 0 radical (unpaired) electrons. The summed E-state index contributed by atoms with van der Waals surface area (Å²) in [6.45, 7) is 0.197. The maximum absolute atomic E-state index is 13.7. The predicted octanol–water partition coefficient (Wildman–Crippen LogP) is 3.76. The molecule has 3 aromatic rings. The Labute approximate surface area is 203 Å². The standard InChI is InChI=1S/C27H26N2O6/c1-32-20-14-18(15-21(33-2)24(20)34-3)23-22-25(35-29(23)19-12-8-5-9-13-19)27(31)28(26(22)30)16-17-10-6-4-7-11-17/h4-15,22-23,25H,16H2,1-3H3/t22-,23+,25-/m0/s1. The molecular formula is C27H26N2O6. The molecule has 2 heterocycles. The van der Waals surface area contributed by atoms with Gasteiger partial charge in [0, 0.05) is 0 Å². The van der Waals surface area contributed by atoms with Crippen LogP contribution in [0.2, 0.25) is 0 Å². The second-order valence-corrected chi connectivity index (χ2v) is 8.36. The van der Waals surface area contributed by atoms with Crippen molar-refractivity contribution in [3.63, 3.8) is 0 Å². The summed E-state index contributed by atoms with van der Waals surface area (Å²) in [5.41, 5.74) is 2.31. The average Bonchev–Trinajstić information content (AvgIpc) is 3.41. The number of fused-ring (bicyclic) bond motifs is 1. The Morgan fingerprint density at radius 2 is 1.40 bits per heavy atom. The SMILES string of the molecule is COc1cc([C@@H]2[C@@H]3C(=O)N(Cc4ccccc4)C(=O)[C@H]3ON2c2ccccc2)cc(OC)c1OC. The molecule has 2 fully saturated rings. The Bertz CT molecular complexity index is 1210. The maximum atomic E-state index is 13.7. The molecule has 2 saturated heterocycles. The zero-order valence-corrected chi connectivity index (χ0v) is 19.7. The number of carbonyl (C=O) groups excluding carboxylic acids is 2. The first kappa shape index (κ1) is 22.7. The summed E-state index contributed by atoms with van der Waals surface area (Å²) in [5, 5.41) is 1.64. The third kappa shape index (κ3) is 3.85. The Morgan fingerprint density at radius 1 is 0.800 bits per heavy atom. The molecule has 8 heteroatoms. The first-order chi connectivity index (χ1) is 17.1. The lowest BCUT2D eigenvalue weighted by Gasteiger charge is -2.29. The van der Waals surface area contributed by atoms with E-state index in [1.165, 1.54) is 26.2 Å². The second-order valence-electron chi connectivity index (χ2n) is 8.36. The van der Waals surface area contributed by atoms with E-state index in [1.54, 1.807) is 17.2 Å². The molecule has 3 atom stereocenters. The van der Waals surface area contributed by atoms with Gasteiger partial charge in [-0.05, 0) is 35.4 Å². The number of para-hydroxylation sites is 1. The van der Waals surface area contributed by atoms with Crippen molar-refractivity contribution in [3.8, 4) is 17.2 Å². The van der Waals surface area contributed by atoms with Crippen LogP contribution in [0.1, 0.15) is 17.2 Å². The van der Waals surface area contributed by atoms with Crippen molar-refractivity contribution in [2.24, 2.45) is 5.92 Å². The first-order valence-electron chi connectivity index (χ1n) is 11.3. The van der Waals surface area contributed by atoms with Gasteiger partial charge in [-0.2, -0.15) is 0 Å². The predicted molar refractivity (Wildman–Crippen MR) is 128 cm³/mol. The zero-order chi connectivity index (χ0) is 24.5. The van der Waals surface area contributed by atoms with Crippen LogP contribution < -0.4 is 19.3 Å². The van der Waals surface area contributed by atoms with E-state index in [0.717, 1.165) is 11.3 Å². The van der Waals surface area contributed by atoms with Crippen LogP contribution in [0.15, 0.2) is 72.8 Å². The number of hydrogen-bond acceptors (Lipinski definition) is 7. The summed E-state index contributed by atoms with van der Waals surface area (Å²) in [6, 6.07) is 21.9. The quantitative estimate of drug-likeness (QED) is 0.483. The topological polar surface area (TPSA) is 77.5 Å². The lowest BCUT2D eigenvalue weighted by molar-refractivity contribution is -0.143. The lowest BCUT2D eigenvalue weighted by atomic mass is 9.90. The fourth-order valence-electron chi connectivity index (χ4n) is 4.80. The molecule has 0 aromatic heterocycles. The van der Waals surface area contributed by atoms with Crippen LogP contribution in [0.25, 0.3) is 0 Å². The van der Waals surface area contributed by atoms with Crippen LogP contribution in [-0.4, -0.2) is 44.1 Å². The molecule has 0 unspecified atom stereocenters. The van der Waals surface area contributed by atoms with Crippen molar-refractivity contribution < 1.29 is 28.6 Å². The summed E-state index contributed by atoms with van der Waals surface area (Å²) in [7, 11) is 4.61. The first-order valence-corrected chi connectivity index (χ1v) is 11.3. The summed E-state index contributed by atoms with van der Waals surface area (Å²) in [4.78, 5) is 34.6. The van der Waals surface area contributed by atoms with Gasteiger partial charge in [-0.15, -0.1) is 0 Å². The van der Waals surface area contributed by atoms with E-state index in [4.69, 9.17) is 19.0 Å². The molecule has 5 rings (SSSR count). The van der Waals surface area contributed by atoms with E-state index in [1.807, 2.05) is 60.7 Å². The minimum absolute atomic E-state index is 0.197. The number of amides is 2. The lowest BCUT2D eigenvalue weighted by Crippen LogP contribution is -2.37. The second kappa shape index (κ2) is 9.31. The Morgan fingerprint density at radius 3 is 1.97 bits per heavy atom. The van der Waals surface area contributed by atoms with Crippen molar-refractivity contribution in [1.82, 2.24) is 4.90 Å². The highest BCUT2D eigenvalue weighted by Gasteiger charge is 2.60. The number of hydrogen-bond donors (Lipinski definition) is 0. The van der Waals surface area contributed by atoms with Crippen molar-refractivity contribution >= 4 is 17.5 Å². The van der Waals surface area contributed by atoms with E-state index in [2.05, 4.69) is 0 Å². The molecule has 180 valence electrons. The van der Waals surface area contributed by atoms with E-state index >= 15 is 0 Å². The van der Waals surface area contributed by atoms with Gasteiger partial charge in [0.15, 0.2) is 17.6 Å². The number of nitrogens with zero attached hydrogens (tertiary/aromatic N) is 2. The van der Waals surface area contributed by atoms with Gasteiger partial charge in [0.1, 0.15) is 5.92 Å². The van der Waals surface area contributed by atoms with Gasteiger partial charge in [0.25, 0.3) is 5.91 Å². The average molecular weight is 475 g/mol. The number of imide groups is 1. The molecule has 0 spiro atoms. The summed E-state index contributed by atoms with van der Waals surface area (Å²) >= 11 is 0. The summed E-state index contributed by atoms with van der Waals surface area (Å²) < 4.78 is 16.6. The Kier molecular flexibility index (Phi) is 6.05. The highest BCUT2D eigenvalue weighted by Crippen LogP contribution is 2.50. The van der Waals surface area contributed by atoms with Crippen LogP contribution in [0.4, 0.5) is 5.69 Å². The number of likely N-dealkylation sites (tertiary alicyclic amines) is 1. The number of benzene rings is 3. The third-order valence-corrected chi connectivity index (χ3v) is 6.43. The fraction of sp³-hybridized carbons (Fsp3) is 0.259. The zero-order valence-electron chi connectivity index (χ0n) is 19.7. The molecular weight excluding hydrogens is 448 g/mol.